The normalized spacial score (nSPS) is 10.8. The van der Waals surface area contributed by atoms with Gasteiger partial charge in [0, 0.05) is 11.1 Å². The number of aryl methyl sites for hydroxylation is 3. The van der Waals surface area contributed by atoms with E-state index in [0.29, 0.717) is 0 Å². The summed E-state index contributed by atoms with van der Waals surface area (Å²) in [6.07, 6.45) is 0. The largest absolute Gasteiger partial charge is 0.233 e. The lowest BCUT2D eigenvalue weighted by Gasteiger charge is -2.12. The quantitative estimate of drug-likeness (QED) is 0.637. The van der Waals surface area contributed by atoms with Gasteiger partial charge in [-0.25, -0.2) is 9.97 Å². The first-order valence-corrected chi connectivity index (χ1v) is 7.95. The molecule has 0 bridgehead atoms. The average Bonchev–Trinajstić information content (AvgIpc) is 2.53. The van der Waals surface area contributed by atoms with Gasteiger partial charge in [-0.2, -0.15) is 0 Å². The lowest BCUT2D eigenvalue weighted by Crippen LogP contribution is -1.97. The van der Waals surface area contributed by atoms with Crippen LogP contribution >= 0.6 is 0 Å². The smallest absolute Gasteiger partial charge is 0.126 e. The molecule has 0 radical (unpaired) electrons. The van der Waals surface area contributed by atoms with Crippen molar-refractivity contribution in [3.8, 4) is 22.5 Å². The molecule has 0 spiro atoms. The maximum Gasteiger partial charge on any atom is 0.126 e. The molecular weight excluding hydrogens is 280 g/mol. The summed E-state index contributed by atoms with van der Waals surface area (Å²) in [5, 5.41) is 0. The summed E-state index contributed by atoms with van der Waals surface area (Å²) in [5.41, 5.74) is 9.48. The highest BCUT2D eigenvalue weighted by Gasteiger charge is 2.10. The molecule has 2 aromatic carbocycles. The van der Waals surface area contributed by atoms with Gasteiger partial charge >= 0.3 is 0 Å². The van der Waals surface area contributed by atoms with Crippen molar-refractivity contribution in [3.63, 3.8) is 0 Å². The van der Waals surface area contributed by atoms with Crippen LogP contribution in [0, 0.1) is 34.6 Å². The third kappa shape index (κ3) is 3.02. The summed E-state index contributed by atoms with van der Waals surface area (Å²) < 4.78 is 0. The Morgan fingerprint density at radius 1 is 0.652 bits per heavy atom. The van der Waals surface area contributed by atoms with Crippen LogP contribution in [-0.2, 0) is 0 Å². The van der Waals surface area contributed by atoms with Crippen LogP contribution in [0.3, 0.4) is 0 Å². The molecule has 3 rings (SSSR count). The van der Waals surface area contributed by atoms with Crippen LogP contribution in [0.2, 0.25) is 0 Å². The van der Waals surface area contributed by atoms with Crippen LogP contribution in [0.15, 0.2) is 42.5 Å². The maximum atomic E-state index is 4.67. The second-order valence-electron chi connectivity index (χ2n) is 6.23. The summed E-state index contributed by atoms with van der Waals surface area (Å²) in [6.45, 7) is 10.5. The first-order chi connectivity index (χ1) is 11.0. The predicted octanol–water partition coefficient (Wildman–Crippen LogP) is 5.35. The van der Waals surface area contributed by atoms with E-state index in [1.807, 2.05) is 6.92 Å². The van der Waals surface area contributed by atoms with E-state index in [1.54, 1.807) is 0 Å². The van der Waals surface area contributed by atoms with Crippen molar-refractivity contribution >= 4 is 0 Å². The van der Waals surface area contributed by atoms with Crippen LogP contribution < -0.4 is 0 Å². The molecule has 0 aliphatic rings. The number of benzene rings is 2. The highest BCUT2D eigenvalue weighted by molar-refractivity contribution is 5.71. The summed E-state index contributed by atoms with van der Waals surface area (Å²) in [5.74, 6) is 0.802. The fourth-order valence-corrected chi connectivity index (χ4v) is 2.81. The van der Waals surface area contributed by atoms with Crippen molar-refractivity contribution < 1.29 is 0 Å². The third-order valence-corrected chi connectivity index (χ3v) is 4.52. The van der Waals surface area contributed by atoms with E-state index >= 15 is 0 Å². The molecule has 116 valence electrons. The molecule has 1 heterocycles. The molecular formula is C21H22N2. The van der Waals surface area contributed by atoms with Crippen molar-refractivity contribution in [2.24, 2.45) is 0 Å². The lowest BCUT2D eigenvalue weighted by atomic mass is 9.96. The van der Waals surface area contributed by atoms with Crippen LogP contribution in [0.4, 0.5) is 0 Å². The maximum absolute atomic E-state index is 4.67. The number of nitrogens with zero attached hydrogens (tertiary/aromatic N) is 2. The monoisotopic (exact) mass is 302 g/mol. The fraction of sp³-hybridized carbons (Fsp3) is 0.238. The Morgan fingerprint density at radius 2 is 1.30 bits per heavy atom. The zero-order chi connectivity index (χ0) is 16.6. The second kappa shape index (κ2) is 5.96. The Morgan fingerprint density at radius 3 is 2.00 bits per heavy atom. The molecule has 0 saturated carbocycles. The minimum atomic E-state index is 0.802. The number of hydrogen-bond acceptors (Lipinski definition) is 2. The molecule has 23 heavy (non-hydrogen) atoms. The molecule has 0 amide bonds. The summed E-state index contributed by atoms with van der Waals surface area (Å²) >= 11 is 0. The average molecular weight is 302 g/mol. The number of aromatic nitrogens is 2. The van der Waals surface area contributed by atoms with E-state index in [2.05, 4.69) is 80.1 Å². The Hall–Kier alpha value is -2.48. The van der Waals surface area contributed by atoms with Crippen LogP contribution in [0.5, 0.6) is 0 Å². The first-order valence-electron chi connectivity index (χ1n) is 7.95. The van der Waals surface area contributed by atoms with Gasteiger partial charge in [0.25, 0.3) is 0 Å². The van der Waals surface area contributed by atoms with Crippen LogP contribution in [-0.4, -0.2) is 9.97 Å². The number of hydrogen-bond donors (Lipinski definition) is 0. The Kier molecular flexibility index (Phi) is 3.99. The van der Waals surface area contributed by atoms with E-state index in [-0.39, 0.29) is 0 Å². The molecule has 0 N–H and O–H groups in total. The highest BCUT2D eigenvalue weighted by Crippen LogP contribution is 2.29. The molecule has 0 aliphatic carbocycles. The van der Waals surface area contributed by atoms with Gasteiger partial charge in [0.15, 0.2) is 0 Å². The minimum absolute atomic E-state index is 0.802. The van der Waals surface area contributed by atoms with Gasteiger partial charge in [0.2, 0.25) is 0 Å². The molecule has 0 fully saturated rings. The first kappa shape index (κ1) is 15.4. The van der Waals surface area contributed by atoms with Gasteiger partial charge in [0.05, 0.1) is 11.4 Å². The van der Waals surface area contributed by atoms with Gasteiger partial charge in [0.1, 0.15) is 5.82 Å². The summed E-state index contributed by atoms with van der Waals surface area (Å²) in [7, 11) is 0. The van der Waals surface area contributed by atoms with E-state index < -0.39 is 0 Å². The Labute approximate surface area is 138 Å². The van der Waals surface area contributed by atoms with E-state index in [4.69, 9.17) is 0 Å². The van der Waals surface area contributed by atoms with Crippen molar-refractivity contribution in [1.29, 1.82) is 0 Å². The van der Waals surface area contributed by atoms with Crippen LogP contribution in [0.1, 0.15) is 28.1 Å². The summed E-state index contributed by atoms with van der Waals surface area (Å²) in [4.78, 5) is 9.29. The fourth-order valence-electron chi connectivity index (χ4n) is 2.81. The molecule has 2 nitrogen and oxygen atoms in total. The molecule has 0 unspecified atom stereocenters. The minimum Gasteiger partial charge on any atom is -0.233 e. The van der Waals surface area contributed by atoms with Crippen molar-refractivity contribution in [2.45, 2.75) is 34.6 Å². The highest BCUT2D eigenvalue weighted by atomic mass is 14.9. The zero-order valence-electron chi connectivity index (χ0n) is 14.4. The summed E-state index contributed by atoms with van der Waals surface area (Å²) in [6, 6.07) is 14.9. The molecule has 1 aromatic heterocycles. The predicted molar refractivity (Wildman–Crippen MR) is 96.6 cm³/mol. The van der Waals surface area contributed by atoms with Gasteiger partial charge < -0.3 is 0 Å². The van der Waals surface area contributed by atoms with Gasteiger partial charge in [-0.15, -0.1) is 0 Å². The van der Waals surface area contributed by atoms with Crippen molar-refractivity contribution in [1.82, 2.24) is 9.97 Å². The van der Waals surface area contributed by atoms with Gasteiger partial charge in [-0.1, -0.05) is 42.0 Å². The van der Waals surface area contributed by atoms with Crippen LogP contribution in [0.25, 0.3) is 22.5 Å². The number of rotatable bonds is 2. The SMILES string of the molecule is Cc1ccc(-c2cc(-c3ccc(C)c(C)c3C)nc(C)n2)cc1. The van der Waals surface area contributed by atoms with E-state index in [1.165, 1.54) is 27.8 Å². The standard InChI is InChI=1S/C21H22N2/c1-13-6-9-18(10-7-13)20-12-21(23-17(5)22-20)19-11-8-14(2)15(3)16(19)4/h6-12H,1-5H3. The Balaban J connectivity index is 2.15. The molecule has 2 heteroatoms. The molecule has 0 aliphatic heterocycles. The topological polar surface area (TPSA) is 25.8 Å². The van der Waals surface area contributed by atoms with E-state index in [9.17, 15) is 0 Å². The molecule has 0 saturated heterocycles. The molecule has 0 atom stereocenters. The van der Waals surface area contributed by atoms with Gasteiger partial charge in [-0.3, -0.25) is 0 Å². The van der Waals surface area contributed by atoms with Gasteiger partial charge in [-0.05, 0) is 57.4 Å². The van der Waals surface area contributed by atoms with Crippen molar-refractivity contribution in [3.05, 3.63) is 70.5 Å². The second-order valence-corrected chi connectivity index (χ2v) is 6.23. The molecule has 3 aromatic rings. The third-order valence-electron chi connectivity index (χ3n) is 4.52. The Bertz CT molecular complexity index is 862. The lowest BCUT2D eigenvalue weighted by molar-refractivity contribution is 1.06. The zero-order valence-corrected chi connectivity index (χ0v) is 14.4. The van der Waals surface area contributed by atoms with Crippen molar-refractivity contribution in [2.75, 3.05) is 0 Å². The van der Waals surface area contributed by atoms with E-state index in [0.717, 1.165) is 22.8 Å².